The van der Waals surface area contributed by atoms with Crippen molar-refractivity contribution in [1.82, 2.24) is 4.98 Å². The third-order valence-electron chi connectivity index (χ3n) is 4.37. The van der Waals surface area contributed by atoms with Crippen LogP contribution in [0.5, 0.6) is 23.0 Å². The summed E-state index contributed by atoms with van der Waals surface area (Å²) in [5.74, 6) is -0.0326. The summed E-state index contributed by atoms with van der Waals surface area (Å²) in [5.41, 5.74) is 0.864. The number of hydrogen-bond acceptors (Lipinski definition) is 6. The van der Waals surface area contributed by atoms with E-state index in [9.17, 15) is 18.0 Å². The molecule has 150 valence electrons. The topological polar surface area (TPSA) is 66.9 Å². The van der Waals surface area contributed by atoms with Crippen LogP contribution in [0.25, 0.3) is 0 Å². The van der Waals surface area contributed by atoms with Crippen LogP contribution in [0.1, 0.15) is 35.3 Å². The highest BCUT2D eigenvalue weighted by Crippen LogP contribution is 2.47. The van der Waals surface area contributed by atoms with Gasteiger partial charge < -0.3 is 18.9 Å². The number of esters is 1. The summed E-state index contributed by atoms with van der Waals surface area (Å²) >= 11 is 0. The lowest BCUT2D eigenvalue weighted by Gasteiger charge is -2.15. The Bertz CT molecular complexity index is 884. The second-order valence-corrected chi connectivity index (χ2v) is 6.38. The van der Waals surface area contributed by atoms with E-state index in [1.165, 1.54) is 26.5 Å². The first-order valence-electron chi connectivity index (χ1n) is 8.41. The molecule has 0 amide bonds. The van der Waals surface area contributed by atoms with Crippen molar-refractivity contribution < 1.29 is 36.9 Å². The molecule has 3 rings (SSSR count). The Balaban J connectivity index is 1.94. The molecule has 1 aromatic heterocycles. The van der Waals surface area contributed by atoms with Gasteiger partial charge in [-0.05, 0) is 24.5 Å². The normalized spacial score (nSPS) is 18.4. The highest BCUT2D eigenvalue weighted by atomic mass is 19.4. The van der Waals surface area contributed by atoms with Gasteiger partial charge in [-0.2, -0.15) is 0 Å². The van der Waals surface area contributed by atoms with E-state index in [0.29, 0.717) is 5.92 Å². The zero-order chi connectivity index (χ0) is 20.5. The Morgan fingerprint density at radius 3 is 2.43 bits per heavy atom. The number of pyridine rings is 1. The predicted molar refractivity (Wildman–Crippen MR) is 91.8 cm³/mol. The number of rotatable bonds is 6. The Hall–Kier alpha value is -2.97. The first-order valence-corrected chi connectivity index (χ1v) is 8.41. The van der Waals surface area contributed by atoms with Gasteiger partial charge in [-0.1, -0.05) is 6.92 Å². The van der Waals surface area contributed by atoms with E-state index >= 15 is 0 Å². The minimum Gasteiger partial charge on any atom is -0.493 e. The predicted octanol–water partition coefficient (Wildman–Crippen LogP) is 4.69. The van der Waals surface area contributed by atoms with E-state index in [0.717, 1.165) is 24.2 Å². The molecule has 1 aliphatic carbocycles. The van der Waals surface area contributed by atoms with Crippen molar-refractivity contribution in [2.45, 2.75) is 25.6 Å². The molecule has 0 radical (unpaired) electrons. The summed E-state index contributed by atoms with van der Waals surface area (Å²) in [6.07, 6.45) is -2.47. The van der Waals surface area contributed by atoms with Gasteiger partial charge in [0.05, 0.1) is 14.2 Å². The molecule has 6 nitrogen and oxygen atoms in total. The molecule has 0 N–H and O–H groups in total. The first kappa shape index (κ1) is 19.8. The van der Waals surface area contributed by atoms with E-state index in [-0.39, 0.29) is 28.7 Å². The number of aromatic nitrogens is 1. The lowest BCUT2D eigenvalue weighted by atomic mass is 10.1. The summed E-state index contributed by atoms with van der Waals surface area (Å²) in [6.45, 7) is 2.09. The van der Waals surface area contributed by atoms with Crippen LogP contribution in [-0.4, -0.2) is 31.5 Å². The number of benzene rings is 1. The zero-order valence-corrected chi connectivity index (χ0v) is 15.4. The number of halogens is 3. The van der Waals surface area contributed by atoms with Crippen LogP contribution in [0.2, 0.25) is 0 Å². The van der Waals surface area contributed by atoms with Crippen molar-refractivity contribution in [2.75, 3.05) is 14.2 Å². The van der Waals surface area contributed by atoms with Gasteiger partial charge in [-0.25, -0.2) is 4.79 Å². The maximum absolute atomic E-state index is 12.4. The second-order valence-electron chi connectivity index (χ2n) is 6.38. The van der Waals surface area contributed by atoms with Crippen LogP contribution < -0.4 is 14.2 Å². The number of nitrogens with zero attached hydrogens (tertiary/aromatic N) is 1. The smallest absolute Gasteiger partial charge is 0.493 e. The number of alkyl halides is 3. The van der Waals surface area contributed by atoms with Crippen molar-refractivity contribution in [2.24, 2.45) is 5.92 Å². The molecule has 1 fully saturated rings. The fraction of sp³-hybridized carbons (Fsp3) is 0.368. The average Bonchev–Trinajstić information content (AvgIpc) is 3.37. The van der Waals surface area contributed by atoms with Crippen LogP contribution >= 0.6 is 0 Å². The molecule has 2 atom stereocenters. The number of carbonyl (C=O) groups excluding carboxylic acids is 1. The molecule has 0 aliphatic heterocycles. The van der Waals surface area contributed by atoms with Gasteiger partial charge in [0, 0.05) is 29.9 Å². The van der Waals surface area contributed by atoms with E-state index in [1.54, 1.807) is 6.07 Å². The van der Waals surface area contributed by atoms with Crippen LogP contribution in [0, 0.1) is 5.92 Å². The van der Waals surface area contributed by atoms with Crippen molar-refractivity contribution in [1.29, 1.82) is 0 Å². The fourth-order valence-electron chi connectivity index (χ4n) is 2.78. The molecule has 1 aliphatic rings. The number of ether oxygens (including phenoxy) is 4. The summed E-state index contributed by atoms with van der Waals surface area (Å²) in [7, 11) is 2.51. The maximum atomic E-state index is 12.4. The molecular weight excluding hydrogens is 379 g/mol. The van der Waals surface area contributed by atoms with E-state index in [2.05, 4.69) is 16.6 Å². The van der Waals surface area contributed by atoms with Crippen molar-refractivity contribution in [3.8, 4) is 23.0 Å². The van der Waals surface area contributed by atoms with Gasteiger partial charge in [-0.3, -0.25) is 4.98 Å². The highest BCUT2D eigenvalue weighted by Gasteiger charge is 2.36. The first-order chi connectivity index (χ1) is 13.2. The van der Waals surface area contributed by atoms with E-state index in [1.807, 2.05) is 0 Å². The largest absolute Gasteiger partial charge is 0.573 e. The standard InChI is InChI=1S/C19H18F3NO5/c1-10-6-12(10)14-8-16(13(9-23-14)18(24)26-3)27-15-5-4-11(7-17(15)25-2)28-19(20,21)22/h4-5,7-10,12H,6H2,1-3H3/t10-,12-/m0/s1. The van der Waals surface area contributed by atoms with Gasteiger partial charge in [0.15, 0.2) is 11.5 Å². The lowest BCUT2D eigenvalue weighted by Crippen LogP contribution is -2.17. The molecule has 9 heteroatoms. The van der Waals surface area contributed by atoms with Gasteiger partial charge in [0.1, 0.15) is 17.1 Å². The fourth-order valence-corrected chi connectivity index (χ4v) is 2.78. The van der Waals surface area contributed by atoms with Crippen molar-refractivity contribution in [3.05, 3.63) is 41.7 Å². The molecule has 0 unspecified atom stereocenters. The number of hydrogen-bond donors (Lipinski definition) is 0. The molecule has 28 heavy (non-hydrogen) atoms. The average molecular weight is 397 g/mol. The Labute approximate surface area is 159 Å². The van der Waals surface area contributed by atoms with Gasteiger partial charge in [-0.15, -0.1) is 13.2 Å². The molecule has 0 bridgehead atoms. The zero-order valence-electron chi connectivity index (χ0n) is 15.4. The maximum Gasteiger partial charge on any atom is 0.573 e. The lowest BCUT2D eigenvalue weighted by molar-refractivity contribution is -0.274. The number of methoxy groups -OCH3 is 2. The minimum atomic E-state index is -4.83. The third-order valence-corrected chi connectivity index (χ3v) is 4.37. The van der Waals surface area contributed by atoms with Crippen LogP contribution in [0.4, 0.5) is 13.2 Å². The van der Waals surface area contributed by atoms with Crippen LogP contribution in [-0.2, 0) is 4.74 Å². The highest BCUT2D eigenvalue weighted by molar-refractivity contribution is 5.92. The van der Waals surface area contributed by atoms with Crippen molar-refractivity contribution >= 4 is 5.97 Å². The van der Waals surface area contributed by atoms with Crippen LogP contribution in [0.3, 0.4) is 0 Å². The Morgan fingerprint density at radius 1 is 1.14 bits per heavy atom. The molecule has 0 saturated heterocycles. The van der Waals surface area contributed by atoms with Crippen LogP contribution in [0.15, 0.2) is 30.5 Å². The Kier molecular flexibility index (Phi) is 5.35. The van der Waals surface area contributed by atoms with Gasteiger partial charge in [0.2, 0.25) is 0 Å². The molecule has 1 saturated carbocycles. The second kappa shape index (κ2) is 7.57. The summed E-state index contributed by atoms with van der Waals surface area (Å²) in [5, 5.41) is 0. The SMILES string of the molecule is COC(=O)c1cnc([C@H]2C[C@@H]2C)cc1Oc1ccc(OC(F)(F)F)cc1OC. The van der Waals surface area contributed by atoms with E-state index in [4.69, 9.17) is 14.2 Å². The number of carbonyl (C=O) groups is 1. The summed E-state index contributed by atoms with van der Waals surface area (Å²) < 4.78 is 56.8. The summed E-state index contributed by atoms with van der Waals surface area (Å²) in [6, 6.07) is 5.04. The Morgan fingerprint density at radius 2 is 1.86 bits per heavy atom. The van der Waals surface area contributed by atoms with Gasteiger partial charge in [0.25, 0.3) is 0 Å². The molecule has 0 spiro atoms. The quantitative estimate of drug-likeness (QED) is 0.659. The van der Waals surface area contributed by atoms with Gasteiger partial charge >= 0.3 is 12.3 Å². The molecule has 1 heterocycles. The molecular formula is C19H18F3NO5. The third kappa shape index (κ3) is 4.47. The monoisotopic (exact) mass is 397 g/mol. The van der Waals surface area contributed by atoms with E-state index < -0.39 is 18.1 Å². The molecule has 2 aromatic rings. The molecule has 1 aromatic carbocycles. The minimum absolute atomic E-state index is 0.00992. The van der Waals surface area contributed by atoms with Crippen molar-refractivity contribution in [3.63, 3.8) is 0 Å². The summed E-state index contributed by atoms with van der Waals surface area (Å²) in [4.78, 5) is 16.3.